The normalized spacial score (nSPS) is 16.4. The average Bonchev–Trinajstić information content (AvgIpc) is 3.28. The highest BCUT2D eigenvalue weighted by atomic mass is 16.5. The van der Waals surface area contributed by atoms with E-state index in [2.05, 4.69) is 49.3 Å². The number of amides is 1. The second-order valence-corrected chi connectivity index (χ2v) is 8.07. The number of likely N-dealkylation sites (tertiary alicyclic amines) is 1. The fourth-order valence-electron chi connectivity index (χ4n) is 4.19. The summed E-state index contributed by atoms with van der Waals surface area (Å²) in [6.45, 7) is 10.7. The third kappa shape index (κ3) is 4.11. The summed E-state index contributed by atoms with van der Waals surface area (Å²) in [6.07, 6.45) is 3.17. The third-order valence-electron chi connectivity index (χ3n) is 5.74. The predicted octanol–water partition coefficient (Wildman–Crippen LogP) is 4.62. The topological polar surface area (TPSA) is 47.4 Å². The Morgan fingerprint density at radius 3 is 2.90 bits per heavy atom. The molecule has 5 heteroatoms. The first-order valence-corrected chi connectivity index (χ1v) is 10.6. The maximum atomic E-state index is 12.4. The van der Waals surface area contributed by atoms with E-state index in [1.54, 1.807) is 6.08 Å². The molecule has 0 saturated carbocycles. The van der Waals surface area contributed by atoms with Gasteiger partial charge < -0.3 is 14.2 Å². The van der Waals surface area contributed by atoms with E-state index in [0.29, 0.717) is 26.1 Å². The lowest BCUT2D eigenvalue weighted by Crippen LogP contribution is -2.25. The van der Waals surface area contributed by atoms with E-state index in [-0.39, 0.29) is 11.8 Å². The van der Waals surface area contributed by atoms with Crippen molar-refractivity contribution in [1.82, 2.24) is 14.5 Å². The molecule has 0 spiro atoms. The van der Waals surface area contributed by atoms with Crippen LogP contribution in [0.5, 0.6) is 5.75 Å². The van der Waals surface area contributed by atoms with Gasteiger partial charge in [-0.2, -0.15) is 0 Å². The van der Waals surface area contributed by atoms with Crippen molar-refractivity contribution in [2.75, 3.05) is 19.7 Å². The predicted molar refractivity (Wildman–Crippen MR) is 120 cm³/mol. The Hall–Kier alpha value is -3.08. The molecule has 1 aromatic heterocycles. The van der Waals surface area contributed by atoms with Gasteiger partial charge in [-0.3, -0.25) is 4.79 Å². The maximum absolute atomic E-state index is 12.4. The first-order valence-electron chi connectivity index (χ1n) is 10.6. The smallest absolute Gasteiger partial charge is 0.223 e. The molecule has 2 heterocycles. The molecule has 0 bridgehead atoms. The lowest BCUT2D eigenvalue weighted by atomic mass is 10.1. The molecule has 1 saturated heterocycles. The van der Waals surface area contributed by atoms with Gasteiger partial charge in [-0.15, -0.1) is 6.58 Å². The second-order valence-electron chi connectivity index (χ2n) is 8.07. The summed E-state index contributed by atoms with van der Waals surface area (Å²) in [5.74, 6) is 2.25. The molecule has 1 aliphatic rings. The Bertz CT molecular complexity index is 1070. The van der Waals surface area contributed by atoms with E-state index in [9.17, 15) is 4.79 Å². The molecule has 3 aromatic rings. The summed E-state index contributed by atoms with van der Waals surface area (Å²) >= 11 is 0. The Labute approximate surface area is 178 Å². The molecule has 1 aliphatic heterocycles. The van der Waals surface area contributed by atoms with Crippen LogP contribution in [0.15, 0.2) is 55.1 Å². The number of aryl methyl sites for hydroxylation is 3. The van der Waals surface area contributed by atoms with Crippen LogP contribution in [0.1, 0.15) is 35.7 Å². The largest absolute Gasteiger partial charge is 0.493 e. The van der Waals surface area contributed by atoms with Gasteiger partial charge in [-0.25, -0.2) is 4.98 Å². The van der Waals surface area contributed by atoms with Crippen molar-refractivity contribution in [2.45, 2.75) is 39.2 Å². The number of hydrogen-bond donors (Lipinski definition) is 0. The number of carbonyl (C=O) groups is 1. The van der Waals surface area contributed by atoms with Crippen LogP contribution < -0.4 is 4.74 Å². The number of carbonyl (C=O) groups excluding carboxylic acids is 1. The van der Waals surface area contributed by atoms with Gasteiger partial charge >= 0.3 is 0 Å². The van der Waals surface area contributed by atoms with E-state index in [4.69, 9.17) is 9.72 Å². The molecule has 5 nitrogen and oxygen atoms in total. The first-order chi connectivity index (χ1) is 14.6. The van der Waals surface area contributed by atoms with Crippen LogP contribution in [0.25, 0.3) is 11.0 Å². The van der Waals surface area contributed by atoms with Crippen molar-refractivity contribution in [1.29, 1.82) is 0 Å². The molecule has 0 N–H and O–H groups in total. The lowest BCUT2D eigenvalue weighted by molar-refractivity contribution is -0.127. The van der Waals surface area contributed by atoms with Gasteiger partial charge in [0.25, 0.3) is 0 Å². The Morgan fingerprint density at radius 1 is 1.23 bits per heavy atom. The SMILES string of the molecule is C=CCN1C[C@@H](c2nc3ccccc3n2CCCOc2cc(C)ccc2C)CC1=O. The van der Waals surface area contributed by atoms with Gasteiger partial charge in [0.1, 0.15) is 11.6 Å². The molecule has 2 aromatic carbocycles. The molecule has 0 aliphatic carbocycles. The van der Waals surface area contributed by atoms with Crippen LogP contribution in [0, 0.1) is 13.8 Å². The molecular formula is C25H29N3O2. The highest BCUT2D eigenvalue weighted by Gasteiger charge is 2.33. The van der Waals surface area contributed by atoms with E-state index in [1.165, 1.54) is 5.56 Å². The standard InChI is InChI=1S/C25H29N3O2/c1-4-12-27-17-20(16-24(27)29)25-26-21-8-5-6-9-22(21)28(25)13-7-14-30-23-15-18(2)10-11-19(23)3/h4-6,8-11,15,20H,1,7,12-14,16-17H2,2-3H3/t20-/m0/s1. The highest BCUT2D eigenvalue weighted by Crippen LogP contribution is 2.30. The maximum Gasteiger partial charge on any atom is 0.223 e. The minimum atomic E-state index is 0.116. The monoisotopic (exact) mass is 403 g/mol. The van der Waals surface area contributed by atoms with Crippen molar-refractivity contribution in [2.24, 2.45) is 0 Å². The fourth-order valence-corrected chi connectivity index (χ4v) is 4.19. The summed E-state index contributed by atoms with van der Waals surface area (Å²) in [6, 6.07) is 14.5. The number of para-hydroxylation sites is 2. The van der Waals surface area contributed by atoms with E-state index < -0.39 is 0 Å². The van der Waals surface area contributed by atoms with Gasteiger partial charge in [0.15, 0.2) is 0 Å². The first kappa shape index (κ1) is 20.2. The van der Waals surface area contributed by atoms with Crippen LogP contribution in [-0.2, 0) is 11.3 Å². The Morgan fingerprint density at radius 2 is 2.07 bits per heavy atom. The van der Waals surface area contributed by atoms with Gasteiger partial charge in [-0.05, 0) is 49.6 Å². The van der Waals surface area contributed by atoms with Crippen LogP contribution >= 0.6 is 0 Å². The fraction of sp³-hybridized carbons (Fsp3) is 0.360. The zero-order valence-electron chi connectivity index (χ0n) is 17.8. The zero-order valence-corrected chi connectivity index (χ0v) is 17.8. The summed E-state index contributed by atoms with van der Waals surface area (Å²) in [4.78, 5) is 19.1. The number of fused-ring (bicyclic) bond motifs is 1. The molecule has 1 amide bonds. The quantitative estimate of drug-likeness (QED) is 0.407. The number of benzene rings is 2. The lowest BCUT2D eigenvalue weighted by Gasteiger charge is -2.16. The average molecular weight is 404 g/mol. The molecule has 4 rings (SSSR count). The Kier molecular flexibility index (Phi) is 5.88. The number of ether oxygens (including phenoxy) is 1. The number of rotatable bonds is 8. The van der Waals surface area contributed by atoms with Crippen LogP contribution in [0.4, 0.5) is 0 Å². The minimum Gasteiger partial charge on any atom is -0.493 e. The summed E-state index contributed by atoms with van der Waals surface area (Å²) < 4.78 is 8.33. The van der Waals surface area contributed by atoms with Crippen molar-refractivity contribution in [3.63, 3.8) is 0 Å². The number of aromatic nitrogens is 2. The van der Waals surface area contributed by atoms with Crippen molar-refractivity contribution >= 4 is 16.9 Å². The molecule has 30 heavy (non-hydrogen) atoms. The number of hydrogen-bond acceptors (Lipinski definition) is 3. The summed E-state index contributed by atoms with van der Waals surface area (Å²) in [5.41, 5.74) is 4.46. The highest BCUT2D eigenvalue weighted by molar-refractivity contribution is 5.81. The van der Waals surface area contributed by atoms with Crippen molar-refractivity contribution in [3.8, 4) is 5.75 Å². The molecule has 0 radical (unpaired) electrons. The molecular weight excluding hydrogens is 374 g/mol. The summed E-state index contributed by atoms with van der Waals surface area (Å²) in [7, 11) is 0. The zero-order chi connectivity index (χ0) is 21.1. The Balaban J connectivity index is 1.50. The van der Waals surface area contributed by atoms with Crippen LogP contribution in [0.3, 0.4) is 0 Å². The molecule has 156 valence electrons. The van der Waals surface area contributed by atoms with Gasteiger partial charge in [0.05, 0.1) is 17.6 Å². The molecule has 0 unspecified atom stereocenters. The van der Waals surface area contributed by atoms with Gasteiger partial charge in [0.2, 0.25) is 5.91 Å². The van der Waals surface area contributed by atoms with Crippen molar-refractivity contribution in [3.05, 3.63) is 72.1 Å². The van der Waals surface area contributed by atoms with Gasteiger partial charge in [-0.1, -0.05) is 30.3 Å². The van der Waals surface area contributed by atoms with E-state index >= 15 is 0 Å². The molecule has 1 fully saturated rings. The number of imidazole rings is 1. The minimum absolute atomic E-state index is 0.116. The summed E-state index contributed by atoms with van der Waals surface area (Å²) in [5, 5.41) is 0. The van der Waals surface area contributed by atoms with E-state index in [1.807, 2.05) is 23.1 Å². The number of nitrogens with zero attached hydrogens (tertiary/aromatic N) is 3. The van der Waals surface area contributed by atoms with Gasteiger partial charge in [0, 0.05) is 32.0 Å². The molecule has 1 atom stereocenters. The van der Waals surface area contributed by atoms with Crippen LogP contribution in [0.2, 0.25) is 0 Å². The second kappa shape index (κ2) is 8.74. The van der Waals surface area contributed by atoms with Crippen LogP contribution in [-0.4, -0.2) is 40.1 Å². The van der Waals surface area contributed by atoms with E-state index in [0.717, 1.165) is 41.1 Å². The van der Waals surface area contributed by atoms with Crippen molar-refractivity contribution < 1.29 is 9.53 Å². The third-order valence-corrected chi connectivity index (χ3v) is 5.74.